The zero-order chi connectivity index (χ0) is 15.0. The molecule has 3 N–H and O–H groups in total. The molecule has 0 fully saturated rings. The van der Waals surface area contributed by atoms with E-state index >= 15 is 0 Å². The third kappa shape index (κ3) is 2.27. The van der Waals surface area contributed by atoms with E-state index in [-0.39, 0.29) is 11.9 Å². The van der Waals surface area contributed by atoms with Gasteiger partial charge in [0.1, 0.15) is 11.6 Å². The topological polar surface area (TPSA) is 90.4 Å². The number of methoxy groups -OCH3 is 1. The molecule has 0 bridgehead atoms. The largest absolute Gasteiger partial charge is 0.497 e. The van der Waals surface area contributed by atoms with E-state index in [0.29, 0.717) is 23.7 Å². The van der Waals surface area contributed by atoms with Crippen molar-refractivity contribution in [2.24, 2.45) is 5.73 Å². The fourth-order valence-electron chi connectivity index (χ4n) is 2.81. The molecule has 1 unspecified atom stereocenters. The Hall–Kier alpha value is -2.34. The highest BCUT2D eigenvalue weighted by atomic mass is 16.5. The number of benzene rings is 1. The first-order valence-corrected chi connectivity index (χ1v) is 6.86. The van der Waals surface area contributed by atoms with Crippen LogP contribution in [0.15, 0.2) is 24.3 Å². The molecule has 21 heavy (non-hydrogen) atoms. The van der Waals surface area contributed by atoms with E-state index in [1.54, 1.807) is 7.11 Å². The molecule has 6 nitrogen and oxygen atoms in total. The van der Waals surface area contributed by atoms with E-state index < -0.39 is 5.97 Å². The molecular weight excluding hydrogens is 270 g/mol. The highest BCUT2D eigenvalue weighted by Crippen LogP contribution is 2.32. The van der Waals surface area contributed by atoms with Crippen LogP contribution in [0.4, 0.5) is 0 Å². The van der Waals surface area contributed by atoms with E-state index in [2.05, 4.69) is 4.98 Å². The number of imidazole rings is 1. The maximum atomic E-state index is 11.4. The Morgan fingerprint density at radius 1 is 1.52 bits per heavy atom. The van der Waals surface area contributed by atoms with Crippen LogP contribution >= 0.6 is 0 Å². The van der Waals surface area contributed by atoms with Gasteiger partial charge in [0.2, 0.25) is 0 Å². The molecule has 3 rings (SSSR count). The number of aromatic carboxylic acids is 1. The van der Waals surface area contributed by atoms with Gasteiger partial charge in [0.25, 0.3) is 0 Å². The number of carboxylic acid groups (broad SMARTS) is 1. The smallest absolute Gasteiger partial charge is 0.356 e. The van der Waals surface area contributed by atoms with Crippen molar-refractivity contribution in [3.8, 4) is 17.1 Å². The molecule has 110 valence electrons. The van der Waals surface area contributed by atoms with Crippen LogP contribution in [0.25, 0.3) is 11.4 Å². The lowest BCUT2D eigenvalue weighted by Crippen LogP contribution is -2.26. The maximum Gasteiger partial charge on any atom is 0.356 e. The molecule has 2 heterocycles. The summed E-state index contributed by atoms with van der Waals surface area (Å²) in [7, 11) is 1.59. The van der Waals surface area contributed by atoms with Crippen LogP contribution in [0, 0.1) is 0 Å². The monoisotopic (exact) mass is 287 g/mol. The van der Waals surface area contributed by atoms with Crippen LogP contribution in [-0.2, 0) is 6.42 Å². The average Bonchev–Trinajstić information content (AvgIpc) is 2.88. The lowest BCUT2D eigenvalue weighted by atomic mass is 10.1. The molecule has 0 aliphatic carbocycles. The summed E-state index contributed by atoms with van der Waals surface area (Å²) in [6.07, 6.45) is 2.15. The Labute approximate surface area is 122 Å². The number of hydrogen-bond donors (Lipinski definition) is 2. The van der Waals surface area contributed by atoms with Crippen molar-refractivity contribution in [2.45, 2.75) is 25.4 Å². The zero-order valence-electron chi connectivity index (χ0n) is 11.7. The SMILES string of the molecule is COc1cccc(-c2nc(C(=O)O)c3n2C(N)CCC3)c1. The molecule has 2 aromatic rings. The molecule has 1 aliphatic rings. The van der Waals surface area contributed by atoms with Gasteiger partial charge in [-0.1, -0.05) is 12.1 Å². The molecule has 0 spiro atoms. The van der Waals surface area contributed by atoms with Gasteiger partial charge in [0.05, 0.1) is 19.0 Å². The number of nitrogens with zero attached hydrogens (tertiary/aromatic N) is 2. The molecule has 1 aromatic carbocycles. The van der Waals surface area contributed by atoms with Gasteiger partial charge in [-0.2, -0.15) is 0 Å². The summed E-state index contributed by atoms with van der Waals surface area (Å²) in [6, 6.07) is 7.40. The number of rotatable bonds is 3. The first-order valence-electron chi connectivity index (χ1n) is 6.86. The number of aromatic nitrogens is 2. The fourth-order valence-corrected chi connectivity index (χ4v) is 2.81. The van der Waals surface area contributed by atoms with Crippen molar-refractivity contribution in [1.29, 1.82) is 0 Å². The van der Waals surface area contributed by atoms with E-state index in [1.807, 2.05) is 28.8 Å². The molecule has 1 atom stereocenters. The van der Waals surface area contributed by atoms with Crippen LogP contribution < -0.4 is 10.5 Å². The number of carbonyl (C=O) groups is 1. The Balaban J connectivity index is 2.20. The first kappa shape index (κ1) is 13.6. The first-order chi connectivity index (χ1) is 10.1. The molecule has 0 amide bonds. The molecular formula is C15H17N3O3. The van der Waals surface area contributed by atoms with Gasteiger partial charge >= 0.3 is 5.97 Å². The third-order valence-corrected chi connectivity index (χ3v) is 3.79. The molecule has 0 saturated heterocycles. The minimum Gasteiger partial charge on any atom is -0.497 e. The number of carboxylic acids is 1. The summed E-state index contributed by atoms with van der Waals surface area (Å²) in [5, 5.41) is 9.35. The number of fused-ring (bicyclic) bond motifs is 1. The Morgan fingerprint density at radius 2 is 2.33 bits per heavy atom. The fraction of sp³-hybridized carbons (Fsp3) is 0.333. The highest BCUT2D eigenvalue weighted by molar-refractivity contribution is 5.88. The van der Waals surface area contributed by atoms with Crippen molar-refractivity contribution in [2.75, 3.05) is 7.11 Å². The lowest BCUT2D eigenvalue weighted by Gasteiger charge is -2.24. The normalized spacial score (nSPS) is 17.3. The quantitative estimate of drug-likeness (QED) is 0.901. The second-order valence-electron chi connectivity index (χ2n) is 5.10. The number of nitrogens with two attached hydrogens (primary N) is 1. The molecule has 0 radical (unpaired) electrons. The van der Waals surface area contributed by atoms with Crippen LogP contribution in [0.5, 0.6) is 5.75 Å². The number of hydrogen-bond acceptors (Lipinski definition) is 4. The summed E-state index contributed by atoms with van der Waals surface area (Å²) in [5.41, 5.74) is 7.78. The Morgan fingerprint density at radius 3 is 3.05 bits per heavy atom. The van der Waals surface area contributed by atoms with Gasteiger partial charge in [0.15, 0.2) is 5.69 Å². The summed E-state index contributed by atoms with van der Waals surface area (Å²) >= 11 is 0. The summed E-state index contributed by atoms with van der Waals surface area (Å²) in [4.78, 5) is 15.7. The van der Waals surface area contributed by atoms with Crippen LogP contribution in [0.1, 0.15) is 35.2 Å². The molecule has 0 saturated carbocycles. The van der Waals surface area contributed by atoms with E-state index in [9.17, 15) is 9.90 Å². The lowest BCUT2D eigenvalue weighted by molar-refractivity contribution is 0.0689. The highest BCUT2D eigenvalue weighted by Gasteiger charge is 2.28. The van der Waals surface area contributed by atoms with Gasteiger partial charge in [-0.15, -0.1) is 0 Å². The van der Waals surface area contributed by atoms with Crippen molar-refractivity contribution < 1.29 is 14.6 Å². The van der Waals surface area contributed by atoms with E-state index in [1.165, 1.54) is 0 Å². The van der Waals surface area contributed by atoms with Gasteiger partial charge in [-0.25, -0.2) is 9.78 Å². The van der Waals surface area contributed by atoms with Crippen molar-refractivity contribution in [3.63, 3.8) is 0 Å². The number of ether oxygens (including phenoxy) is 1. The van der Waals surface area contributed by atoms with Gasteiger partial charge in [0, 0.05) is 5.56 Å². The third-order valence-electron chi connectivity index (χ3n) is 3.79. The summed E-state index contributed by atoms with van der Waals surface area (Å²) in [6.45, 7) is 0. The van der Waals surface area contributed by atoms with E-state index in [4.69, 9.17) is 10.5 Å². The van der Waals surface area contributed by atoms with Gasteiger partial charge in [-0.3, -0.25) is 0 Å². The minimum atomic E-state index is -1.01. The summed E-state index contributed by atoms with van der Waals surface area (Å²) in [5.74, 6) is 0.279. The minimum absolute atomic E-state index is 0.1000. The predicted octanol–water partition coefficient (Wildman–Crippen LogP) is 2.05. The second kappa shape index (κ2) is 5.21. The van der Waals surface area contributed by atoms with Crippen molar-refractivity contribution >= 4 is 5.97 Å². The van der Waals surface area contributed by atoms with Crippen molar-refractivity contribution in [1.82, 2.24) is 9.55 Å². The van der Waals surface area contributed by atoms with Gasteiger partial charge in [-0.05, 0) is 31.4 Å². The summed E-state index contributed by atoms with van der Waals surface area (Å²) < 4.78 is 7.07. The molecule has 1 aliphatic heterocycles. The second-order valence-corrected chi connectivity index (χ2v) is 5.10. The zero-order valence-corrected chi connectivity index (χ0v) is 11.7. The standard InChI is InChI=1S/C15H17N3O3/c1-21-10-5-2-4-9(8-10)14-17-13(15(19)20)11-6-3-7-12(16)18(11)14/h2,4-5,8,12H,3,6-7,16H2,1H3,(H,19,20). The van der Waals surface area contributed by atoms with E-state index in [0.717, 1.165) is 18.4 Å². The van der Waals surface area contributed by atoms with Gasteiger partial charge < -0.3 is 20.1 Å². The van der Waals surface area contributed by atoms with Crippen LogP contribution in [0.2, 0.25) is 0 Å². The van der Waals surface area contributed by atoms with Crippen LogP contribution in [-0.4, -0.2) is 27.7 Å². The predicted molar refractivity (Wildman–Crippen MR) is 77.3 cm³/mol. The molecule has 1 aromatic heterocycles. The average molecular weight is 287 g/mol. The van der Waals surface area contributed by atoms with Crippen molar-refractivity contribution in [3.05, 3.63) is 35.7 Å². The Kier molecular flexibility index (Phi) is 3.39. The molecule has 6 heteroatoms. The van der Waals surface area contributed by atoms with Crippen LogP contribution in [0.3, 0.4) is 0 Å². The maximum absolute atomic E-state index is 11.4. The Bertz CT molecular complexity index is 693.